The minimum Gasteiger partial charge on any atom is -0.477 e. The highest BCUT2D eigenvalue weighted by molar-refractivity contribution is 7.14. The monoisotopic (exact) mass is 398 g/mol. The van der Waals surface area contributed by atoms with Crippen molar-refractivity contribution in [2.45, 2.75) is 24.9 Å². The van der Waals surface area contributed by atoms with Crippen LogP contribution in [-0.2, 0) is 16.8 Å². The molecular weight excluding hydrogens is 380 g/mol. The SMILES string of the molecule is O=C(O)c1cc2c(s1)C1(CCN(C(=O)c3cn4cccnc4n3)CC1)OCC2. The second-order valence-corrected chi connectivity index (χ2v) is 8.16. The standard InChI is InChI=1S/C19H18N4O4S/c24-16(13-11-23-6-1-5-20-18(23)21-13)22-7-3-19(4-8-22)15-12(2-9-27-19)10-14(28-15)17(25)26/h1,5-6,10-11H,2-4,7-9H2,(H,25,26). The maximum absolute atomic E-state index is 12.9. The minimum absolute atomic E-state index is 0.117. The normalized spacial score (nSPS) is 18.4. The van der Waals surface area contributed by atoms with Crippen LogP contribution in [0, 0.1) is 0 Å². The van der Waals surface area contributed by atoms with Crippen LogP contribution in [0.15, 0.2) is 30.7 Å². The zero-order valence-electron chi connectivity index (χ0n) is 15.0. The molecule has 2 aliphatic rings. The average Bonchev–Trinajstić information content (AvgIpc) is 3.33. The number of hydrogen-bond donors (Lipinski definition) is 1. The van der Waals surface area contributed by atoms with Gasteiger partial charge in [-0.2, -0.15) is 0 Å². The molecule has 3 aromatic heterocycles. The van der Waals surface area contributed by atoms with Crippen molar-refractivity contribution in [1.82, 2.24) is 19.3 Å². The third kappa shape index (κ3) is 2.70. The lowest BCUT2D eigenvalue weighted by molar-refractivity contribution is -0.0906. The average molecular weight is 398 g/mol. The molecule has 0 saturated carbocycles. The van der Waals surface area contributed by atoms with Gasteiger partial charge in [0.25, 0.3) is 5.91 Å². The van der Waals surface area contributed by atoms with E-state index in [4.69, 9.17) is 4.74 Å². The van der Waals surface area contributed by atoms with Gasteiger partial charge in [0.05, 0.1) is 6.61 Å². The van der Waals surface area contributed by atoms with Crippen LogP contribution in [-0.4, -0.2) is 55.9 Å². The van der Waals surface area contributed by atoms with Crippen LogP contribution in [0.5, 0.6) is 0 Å². The van der Waals surface area contributed by atoms with Gasteiger partial charge in [-0.15, -0.1) is 11.3 Å². The predicted octanol–water partition coefficient (Wildman–Crippen LogP) is 2.19. The number of carbonyl (C=O) groups excluding carboxylic acids is 1. The molecule has 0 unspecified atom stereocenters. The number of carboxylic acid groups (broad SMARTS) is 1. The molecule has 0 radical (unpaired) electrons. The summed E-state index contributed by atoms with van der Waals surface area (Å²) in [5, 5.41) is 9.32. The fourth-order valence-corrected chi connectivity index (χ4v) is 5.31. The van der Waals surface area contributed by atoms with Gasteiger partial charge in [0, 0.05) is 36.6 Å². The molecule has 0 aliphatic carbocycles. The zero-order chi connectivity index (χ0) is 19.3. The van der Waals surface area contributed by atoms with E-state index in [1.54, 1.807) is 33.8 Å². The molecular formula is C19H18N4O4S. The van der Waals surface area contributed by atoms with Gasteiger partial charge in [-0.05, 0) is 37.0 Å². The maximum Gasteiger partial charge on any atom is 0.345 e. The van der Waals surface area contributed by atoms with E-state index in [-0.39, 0.29) is 5.91 Å². The first-order valence-electron chi connectivity index (χ1n) is 9.15. The number of rotatable bonds is 2. The van der Waals surface area contributed by atoms with Gasteiger partial charge in [-0.1, -0.05) is 0 Å². The Balaban J connectivity index is 1.36. The summed E-state index contributed by atoms with van der Waals surface area (Å²) in [4.78, 5) is 35.9. The molecule has 5 rings (SSSR count). The topological polar surface area (TPSA) is 97.0 Å². The summed E-state index contributed by atoms with van der Waals surface area (Å²) in [6, 6.07) is 3.56. The van der Waals surface area contributed by atoms with Crippen LogP contribution in [0.25, 0.3) is 5.78 Å². The van der Waals surface area contributed by atoms with Gasteiger partial charge in [0.1, 0.15) is 16.2 Å². The van der Waals surface area contributed by atoms with E-state index in [0.717, 1.165) is 16.9 Å². The molecule has 144 valence electrons. The number of aromatic carboxylic acids is 1. The van der Waals surface area contributed by atoms with Crippen LogP contribution < -0.4 is 0 Å². The van der Waals surface area contributed by atoms with E-state index < -0.39 is 11.6 Å². The smallest absolute Gasteiger partial charge is 0.345 e. The second-order valence-electron chi connectivity index (χ2n) is 7.11. The molecule has 2 aliphatic heterocycles. The van der Waals surface area contributed by atoms with Gasteiger partial charge in [0.2, 0.25) is 5.78 Å². The van der Waals surface area contributed by atoms with Crippen LogP contribution in [0.3, 0.4) is 0 Å². The first-order chi connectivity index (χ1) is 13.6. The number of carboxylic acids is 1. The number of ether oxygens (including phenoxy) is 1. The highest BCUT2D eigenvalue weighted by Crippen LogP contribution is 2.45. The Labute approximate surface area is 164 Å². The molecule has 0 atom stereocenters. The molecule has 1 amide bonds. The molecule has 0 bridgehead atoms. The number of likely N-dealkylation sites (tertiary alicyclic amines) is 1. The Morgan fingerprint density at radius 2 is 2.11 bits per heavy atom. The van der Waals surface area contributed by atoms with Crippen molar-refractivity contribution in [3.8, 4) is 0 Å². The van der Waals surface area contributed by atoms with Crippen molar-refractivity contribution >= 4 is 29.0 Å². The summed E-state index contributed by atoms with van der Waals surface area (Å²) >= 11 is 1.31. The molecule has 1 fully saturated rings. The van der Waals surface area contributed by atoms with Crippen molar-refractivity contribution < 1.29 is 19.4 Å². The Kier molecular flexibility index (Phi) is 3.95. The number of aromatic nitrogens is 3. The molecule has 5 heterocycles. The van der Waals surface area contributed by atoms with Gasteiger partial charge in [-0.3, -0.25) is 9.20 Å². The van der Waals surface area contributed by atoms with E-state index >= 15 is 0 Å². The fraction of sp³-hybridized carbons (Fsp3) is 0.368. The number of imidazole rings is 1. The maximum atomic E-state index is 12.9. The predicted molar refractivity (Wildman–Crippen MR) is 101 cm³/mol. The Hall–Kier alpha value is -2.78. The summed E-state index contributed by atoms with van der Waals surface area (Å²) in [5.41, 5.74) is 0.965. The van der Waals surface area contributed by atoms with Gasteiger partial charge >= 0.3 is 5.97 Å². The lowest BCUT2D eigenvalue weighted by Crippen LogP contribution is -2.48. The van der Waals surface area contributed by atoms with Crippen LogP contribution >= 0.6 is 11.3 Å². The highest BCUT2D eigenvalue weighted by Gasteiger charge is 2.43. The Morgan fingerprint density at radius 1 is 1.29 bits per heavy atom. The fourth-order valence-electron chi connectivity index (χ4n) is 4.06. The lowest BCUT2D eigenvalue weighted by Gasteiger charge is -2.43. The third-order valence-electron chi connectivity index (χ3n) is 5.50. The van der Waals surface area contributed by atoms with Crippen molar-refractivity contribution in [3.63, 3.8) is 0 Å². The van der Waals surface area contributed by atoms with Crippen molar-refractivity contribution in [3.05, 3.63) is 51.7 Å². The summed E-state index contributed by atoms with van der Waals surface area (Å²) in [5.74, 6) is -0.518. The highest BCUT2D eigenvalue weighted by atomic mass is 32.1. The lowest BCUT2D eigenvalue weighted by atomic mass is 9.85. The number of thiophene rings is 1. The zero-order valence-corrected chi connectivity index (χ0v) is 15.8. The summed E-state index contributed by atoms with van der Waals surface area (Å²) in [6.07, 6.45) is 7.19. The molecule has 8 nitrogen and oxygen atoms in total. The number of amides is 1. The molecule has 1 spiro atoms. The Bertz CT molecular complexity index is 1050. The number of piperidine rings is 1. The summed E-state index contributed by atoms with van der Waals surface area (Å²) < 4.78 is 7.89. The van der Waals surface area contributed by atoms with Crippen molar-refractivity contribution in [2.75, 3.05) is 19.7 Å². The largest absolute Gasteiger partial charge is 0.477 e. The van der Waals surface area contributed by atoms with E-state index in [1.165, 1.54) is 11.3 Å². The van der Waals surface area contributed by atoms with Crippen molar-refractivity contribution in [1.29, 1.82) is 0 Å². The van der Waals surface area contributed by atoms with E-state index in [1.807, 2.05) is 6.20 Å². The summed E-state index contributed by atoms with van der Waals surface area (Å²) in [6.45, 7) is 1.66. The third-order valence-corrected chi connectivity index (χ3v) is 6.85. The van der Waals surface area contributed by atoms with Crippen LogP contribution in [0.4, 0.5) is 0 Å². The molecule has 3 aromatic rings. The minimum atomic E-state index is -0.900. The summed E-state index contributed by atoms with van der Waals surface area (Å²) in [7, 11) is 0. The van der Waals surface area contributed by atoms with Crippen LogP contribution in [0.2, 0.25) is 0 Å². The van der Waals surface area contributed by atoms with Gasteiger partial charge in [-0.25, -0.2) is 14.8 Å². The van der Waals surface area contributed by atoms with Gasteiger partial charge in [0.15, 0.2) is 0 Å². The number of fused-ring (bicyclic) bond motifs is 3. The van der Waals surface area contributed by atoms with E-state index in [9.17, 15) is 14.7 Å². The van der Waals surface area contributed by atoms with Crippen molar-refractivity contribution in [2.24, 2.45) is 0 Å². The first kappa shape index (κ1) is 17.3. The number of hydrogen-bond acceptors (Lipinski definition) is 6. The van der Waals surface area contributed by atoms with Crippen LogP contribution in [0.1, 0.15) is 43.4 Å². The molecule has 9 heteroatoms. The van der Waals surface area contributed by atoms with Gasteiger partial charge < -0.3 is 14.7 Å². The quantitative estimate of drug-likeness (QED) is 0.711. The molecule has 0 aromatic carbocycles. The number of nitrogens with zero attached hydrogens (tertiary/aromatic N) is 4. The Morgan fingerprint density at radius 3 is 2.86 bits per heavy atom. The molecule has 1 N–H and O–H groups in total. The van der Waals surface area contributed by atoms with E-state index in [0.29, 0.717) is 48.9 Å². The molecule has 1 saturated heterocycles. The number of carbonyl (C=O) groups is 2. The molecule has 28 heavy (non-hydrogen) atoms. The second kappa shape index (κ2) is 6.39. The first-order valence-corrected chi connectivity index (χ1v) is 9.97. The van der Waals surface area contributed by atoms with E-state index in [2.05, 4.69) is 9.97 Å².